The van der Waals surface area contributed by atoms with Gasteiger partial charge < -0.3 is 5.32 Å². The maximum atomic E-state index is 10.9. The summed E-state index contributed by atoms with van der Waals surface area (Å²) in [6, 6.07) is 0. The molecule has 1 amide bonds. The normalized spacial score (nSPS) is 10.3. The summed E-state index contributed by atoms with van der Waals surface area (Å²) in [5, 5.41) is 2.71. The fourth-order valence-electron chi connectivity index (χ4n) is 0.891. The van der Waals surface area contributed by atoms with Gasteiger partial charge >= 0.3 is 0 Å². The molecule has 1 aromatic rings. The number of rotatable bonds is 1. The third-order valence-corrected chi connectivity index (χ3v) is 3.79. The number of hydrogen-bond donors (Lipinski definition) is 1. The molecule has 0 bridgehead atoms. The Bertz CT molecular complexity index is 403. The number of anilines is 1. The number of benzene rings is 1. The molecule has 82 valence electrons. The summed E-state index contributed by atoms with van der Waals surface area (Å²) < 4.78 is 0. The van der Waals surface area contributed by atoms with Crippen LogP contribution in [0.1, 0.15) is 6.92 Å². The summed E-state index contributed by atoms with van der Waals surface area (Å²) in [5.74, 6) is -0.340. The van der Waals surface area contributed by atoms with Crippen LogP contribution in [0.5, 0.6) is 0 Å². The van der Waals surface area contributed by atoms with E-state index in [4.69, 9.17) is 58.0 Å². The lowest BCUT2D eigenvalue weighted by molar-refractivity contribution is -0.114. The molecule has 0 aliphatic rings. The molecule has 0 saturated heterocycles. The van der Waals surface area contributed by atoms with E-state index in [-0.39, 0.29) is 36.7 Å². The van der Waals surface area contributed by atoms with Gasteiger partial charge in [-0.15, -0.1) is 0 Å². The SMILES string of the molecule is CC(=O)Nc1c(Cl)c(Cl)c(Cl)c(Cl)c1Cl. The lowest BCUT2D eigenvalue weighted by atomic mass is 10.3. The lowest BCUT2D eigenvalue weighted by Gasteiger charge is -2.12. The van der Waals surface area contributed by atoms with Crippen molar-refractivity contribution in [1.82, 2.24) is 0 Å². The number of nitrogens with one attached hydrogen (secondary N) is 1. The van der Waals surface area contributed by atoms with Crippen LogP contribution in [-0.2, 0) is 4.79 Å². The van der Waals surface area contributed by atoms with Crippen molar-refractivity contribution in [3.05, 3.63) is 25.1 Å². The largest absolute Gasteiger partial charge is 0.324 e. The zero-order valence-corrected chi connectivity index (χ0v) is 11.1. The Hall–Kier alpha value is 0.140. The van der Waals surface area contributed by atoms with E-state index in [0.717, 1.165) is 0 Å². The van der Waals surface area contributed by atoms with Crippen molar-refractivity contribution in [1.29, 1.82) is 0 Å². The molecule has 1 aromatic carbocycles. The van der Waals surface area contributed by atoms with Crippen molar-refractivity contribution in [3.63, 3.8) is 0 Å². The topological polar surface area (TPSA) is 29.1 Å². The van der Waals surface area contributed by atoms with Gasteiger partial charge in [0.1, 0.15) is 0 Å². The molecule has 2 nitrogen and oxygen atoms in total. The second-order valence-corrected chi connectivity index (χ2v) is 4.52. The summed E-state index contributed by atoms with van der Waals surface area (Å²) >= 11 is 29.0. The van der Waals surface area contributed by atoms with Crippen molar-refractivity contribution < 1.29 is 4.79 Å². The molecule has 0 aliphatic heterocycles. The number of amides is 1. The van der Waals surface area contributed by atoms with Gasteiger partial charge in [-0.25, -0.2) is 0 Å². The minimum absolute atomic E-state index is 0.0523. The maximum Gasteiger partial charge on any atom is 0.221 e. The highest BCUT2D eigenvalue weighted by atomic mass is 35.5. The molecule has 0 fully saturated rings. The van der Waals surface area contributed by atoms with Crippen LogP contribution in [0.3, 0.4) is 0 Å². The van der Waals surface area contributed by atoms with Crippen LogP contribution < -0.4 is 5.32 Å². The first-order valence-corrected chi connectivity index (χ1v) is 5.54. The van der Waals surface area contributed by atoms with Crippen molar-refractivity contribution in [2.45, 2.75) is 6.92 Å². The van der Waals surface area contributed by atoms with Crippen LogP contribution in [0.2, 0.25) is 25.1 Å². The summed E-state index contributed by atoms with van der Waals surface area (Å²) in [6.07, 6.45) is 0. The Kier molecular flexibility index (Phi) is 4.38. The molecule has 15 heavy (non-hydrogen) atoms. The Morgan fingerprint density at radius 2 is 1.20 bits per heavy atom. The smallest absolute Gasteiger partial charge is 0.221 e. The van der Waals surface area contributed by atoms with Crippen LogP contribution in [0.4, 0.5) is 5.69 Å². The molecule has 0 radical (unpaired) electrons. The highest BCUT2D eigenvalue weighted by Gasteiger charge is 2.19. The standard InChI is InChI=1S/C8H4Cl5NO/c1-2(15)14-8-6(12)4(10)3(9)5(11)7(8)13/h1H3,(H,14,15). The van der Waals surface area contributed by atoms with E-state index >= 15 is 0 Å². The molecule has 0 heterocycles. The fraction of sp³-hybridized carbons (Fsp3) is 0.125. The van der Waals surface area contributed by atoms with E-state index < -0.39 is 0 Å². The van der Waals surface area contributed by atoms with E-state index in [1.807, 2.05) is 0 Å². The number of carbonyl (C=O) groups excluding carboxylic acids is 1. The molecule has 0 atom stereocenters. The second kappa shape index (κ2) is 4.98. The minimum atomic E-state index is -0.340. The Morgan fingerprint density at radius 3 is 1.53 bits per heavy atom. The molecular formula is C8H4Cl5NO. The number of halogens is 5. The van der Waals surface area contributed by atoms with E-state index in [2.05, 4.69) is 5.32 Å². The highest BCUT2D eigenvalue weighted by molar-refractivity contribution is 6.56. The van der Waals surface area contributed by atoms with Gasteiger partial charge in [-0.1, -0.05) is 58.0 Å². The Labute approximate surface area is 111 Å². The first kappa shape index (κ1) is 13.2. The van der Waals surface area contributed by atoms with Gasteiger partial charge in [0.2, 0.25) is 5.91 Å². The second-order valence-electron chi connectivity index (χ2n) is 2.63. The fourth-order valence-corrected chi connectivity index (χ4v) is 2.12. The van der Waals surface area contributed by atoms with Crippen LogP contribution in [0.15, 0.2) is 0 Å². The first-order chi connectivity index (χ1) is 6.86. The summed E-state index contributed by atoms with van der Waals surface area (Å²) in [7, 11) is 0. The van der Waals surface area contributed by atoms with Gasteiger partial charge in [-0.3, -0.25) is 4.79 Å². The van der Waals surface area contributed by atoms with Gasteiger partial charge in [0.15, 0.2) is 0 Å². The Morgan fingerprint density at radius 1 is 0.867 bits per heavy atom. The van der Waals surface area contributed by atoms with Crippen molar-refractivity contribution in [2.75, 3.05) is 5.32 Å². The zero-order valence-electron chi connectivity index (χ0n) is 7.30. The quantitative estimate of drug-likeness (QED) is 0.579. The molecule has 1 N–H and O–H groups in total. The van der Waals surface area contributed by atoms with Crippen LogP contribution in [0.25, 0.3) is 0 Å². The van der Waals surface area contributed by atoms with Crippen molar-refractivity contribution in [2.24, 2.45) is 0 Å². The predicted molar refractivity (Wildman–Crippen MR) is 65.8 cm³/mol. The van der Waals surface area contributed by atoms with E-state index in [1.165, 1.54) is 6.92 Å². The van der Waals surface area contributed by atoms with E-state index in [1.54, 1.807) is 0 Å². The maximum absolute atomic E-state index is 10.9. The van der Waals surface area contributed by atoms with Crippen molar-refractivity contribution in [3.8, 4) is 0 Å². The Balaban J connectivity index is 3.45. The minimum Gasteiger partial charge on any atom is -0.324 e. The van der Waals surface area contributed by atoms with Gasteiger partial charge in [-0.2, -0.15) is 0 Å². The lowest BCUT2D eigenvalue weighted by Crippen LogP contribution is -2.07. The molecule has 0 aliphatic carbocycles. The molecule has 0 saturated carbocycles. The molecule has 1 rings (SSSR count). The average molecular weight is 307 g/mol. The molecule has 0 aromatic heterocycles. The van der Waals surface area contributed by atoms with Gasteiger partial charge in [0.05, 0.1) is 30.8 Å². The van der Waals surface area contributed by atoms with Crippen molar-refractivity contribution >= 4 is 69.6 Å². The summed E-state index contributed by atoms with van der Waals surface area (Å²) in [6.45, 7) is 1.31. The molecule has 0 unspecified atom stereocenters. The number of carbonyl (C=O) groups is 1. The summed E-state index contributed by atoms with van der Waals surface area (Å²) in [5.41, 5.74) is 0.158. The third kappa shape index (κ3) is 2.63. The average Bonchev–Trinajstić information content (AvgIpc) is 2.18. The molecule has 7 heteroatoms. The first-order valence-electron chi connectivity index (χ1n) is 3.65. The predicted octanol–water partition coefficient (Wildman–Crippen LogP) is 4.91. The van der Waals surface area contributed by atoms with Gasteiger partial charge in [0, 0.05) is 6.92 Å². The van der Waals surface area contributed by atoms with Gasteiger partial charge in [0.25, 0.3) is 0 Å². The zero-order chi connectivity index (χ0) is 11.7. The number of hydrogen-bond acceptors (Lipinski definition) is 1. The van der Waals surface area contributed by atoms with Gasteiger partial charge in [-0.05, 0) is 0 Å². The summed E-state index contributed by atoms with van der Waals surface area (Å²) in [4.78, 5) is 10.9. The third-order valence-electron chi connectivity index (χ3n) is 1.51. The monoisotopic (exact) mass is 305 g/mol. The van der Waals surface area contributed by atoms with E-state index in [9.17, 15) is 4.79 Å². The highest BCUT2D eigenvalue weighted by Crippen LogP contribution is 2.46. The van der Waals surface area contributed by atoms with Crippen LogP contribution in [-0.4, -0.2) is 5.91 Å². The molecule has 0 spiro atoms. The molecular weight excluding hydrogens is 303 g/mol. The van der Waals surface area contributed by atoms with Crippen LogP contribution in [0, 0.1) is 0 Å². The van der Waals surface area contributed by atoms with E-state index in [0.29, 0.717) is 0 Å². The van der Waals surface area contributed by atoms with Crippen LogP contribution >= 0.6 is 58.0 Å².